The van der Waals surface area contributed by atoms with Gasteiger partial charge in [0, 0.05) is 5.88 Å². The molecule has 3 N–H and O–H groups in total. The van der Waals surface area contributed by atoms with E-state index in [1.165, 1.54) is 0 Å². The molecule has 0 aliphatic rings. The largest absolute Gasteiger partial charge is 0.324 e. The molecule has 1 aromatic rings. The number of benzene rings is 1. The van der Waals surface area contributed by atoms with Crippen LogP contribution in [0.2, 0.25) is 0 Å². The Morgan fingerprint density at radius 2 is 2.27 bits per heavy atom. The first-order chi connectivity index (χ1) is 5.29. The number of aryl methyl sites for hydroxylation is 1. The molecule has 0 aliphatic carbocycles. The minimum absolute atomic E-state index is 0.487. The van der Waals surface area contributed by atoms with Crippen LogP contribution >= 0.6 is 11.6 Å². The third kappa shape index (κ3) is 1.64. The van der Waals surface area contributed by atoms with Crippen LogP contribution in [0.3, 0.4) is 0 Å². The summed E-state index contributed by atoms with van der Waals surface area (Å²) in [6, 6.07) is 5.91. The average Bonchev–Trinajstić information content (AvgIpc) is 2.04. The fraction of sp³-hybridized carbons (Fsp3) is 0.250. The van der Waals surface area contributed by atoms with Crippen molar-refractivity contribution in [2.75, 3.05) is 5.43 Å². The third-order valence-corrected chi connectivity index (χ3v) is 1.94. The van der Waals surface area contributed by atoms with Crippen LogP contribution in [0.15, 0.2) is 18.2 Å². The highest BCUT2D eigenvalue weighted by molar-refractivity contribution is 6.17. The van der Waals surface area contributed by atoms with E-state index in [0.29, 0.717) is 5.88 Å². The van der Waals surface area contributed by atoms with E-state index in [0.717, 1.165) is 16.8 Å². The molecular formula is C8H11ClN2. The van der Waals surface area contributed by atoms with E-state index in [1.807, 2.05) is 25.1 Å². The summed E-state index contributed by atoms with van der Waals surface area (Å²) in [5.74, 6) is 5.81. The first-order valence-electron chi connectivity index (χ1n) is 3.40. The zero-order valence-electron chi connectivity index (χ0n) is 6.39. The van der Waals surface area contributed by atoms with Crippen molar-refractivity contribution >= 4 is 17.3 Å². The highest BCUT2D eigenvalue weighted by atomic mass is 35.5. The van der Waals surface area contributed by atoms with Crippen LogP contribution in [0.1, 0.15) is 11.1 Å². The van der Waals surface area contributed by atoms with Crippen LogP contribution in [-0.4, -0.2) is 0 Å². The van der Waals surface area contributed by atoms with E-state index in [9.17, 15) is 0 Å². The molecule has 0 saturated heterocycles. The molecule has 0 amide bonds. The van der Waals surface area contributed by atoms with Crippen molar-refractivity contribution in [3.05, 3.63) is 29.3 Å². The van der Waals surface area contributed by atoms with Gasteiger partial charge in [0.25, 0.3) is 0 Å². The van der Waals surface area contributed by atoms with Crippen LogP contribution in [0, 0.1) is 6.92 Å². The minimum atomic E-state index is 0.487. The Labute approximate surface area is 71.3 Å². The topological polar surface area (TPSA) is 38.0 Å². The molecule has 0 radical (unpaired) electrons. The van der Waals surface area contributed by atoms with Gasteiger partial charge in [0.15, 0.2) is 0 Å². The Kier molecular flexibility index (Phi) is 2.74. The molecular weight excluding hydrogens is 160 g/mol. The molecule has 0 bridgehead atoms. The number of hydrogen-bond acceptors (Lipinski definition) is 2. The lowest BCUT2D eigenvalue weighted by atomic mass is 10.1. The average molecular weight is 171 g/mol. The predicted molar refractivity (Wildman–Crippen MR) is 48.5 cm³/mol. The zero-order chi connectivity index (χ0) is 8.27. The van der Waals surface area contributed by atoms with Crippen molar-refractivity contribution in [1.29, 1.82) is 0 Å². The van der Waals surface area contributed by atoms with E-state index in [4.69, 9.17) is 17.4 Å². The number of para-hydroxylation sites is 1. The molecule has 0 aliphatic heterocycles. The van der Waals surface area contributed by atoms with Crippen molar-refractivity contribution < 1.29 is 0 Å². The van der Waals surface area contributed by atoms with E-state index in [1.54, 1.807) is 0 Å². The van der Waals surface area contributed by atoms with Crippen LogP contribution in [0.25, 0.3) is 0 Å². The second-order valence-corrected chi connectivity index (χ2v) is 2.65. The van der Waals surface area contributed by atoms with Gasteiger partial charge in [-0.05, 0) is 18.1 Å². The summed E-state index contributed by atoms with van der Waals surface area (Å²) < 4.78 is 0. The van der Waals surface area contributed by atoms with Gasteiger partial charge in [-0.15, -0.1) is 11.6 Å². The van der Waals surface area contributed by atoms with Crippen LogP contribution in [0.4, 0.5) is 5.69 Å². The Balaban J connectivity index is 3.13. The van der Waals surface area contributed by atoms with Crippen molar-refractivity contribution in [2.24, 2.45) is 5.84 Å². The Hall–Kier alpha value is -0.730. The number of halogens is 1. The number of nitrogen functional groups attached to an aromatic ring is 1. The summed E-state index contributed by atoms with van der Waals surface area (Å²) in [5, 5.41) is 0. The number of hydrazine groups is 1. The van der Waals surface area contributed by atoms with Gasteiger partial charge >= 0.3 is 0 Å². The molecule has 0 fully saturated rings. The first-order valence-corrected chi connectivity index (χ1v) is 3.94. The highest BCUT2D eigenvalue weighted by Crippen LogP contribution is 2.20. The quantitative estimate of drug-likeness (QED) is 0.405. The maximum Gasteiger partial charge on any atom is 0.0558 e. The molecule has 3 heteroatoms. The SMILES string of the molecule is Cc1cccc(CCl)c1NN. The van der Waals surface area contributed by atoms with Crippen LogP contribution in [-0.2, 0) is 5.88 Å². The van der Waals surface area contributed by atoms with Gasteiger partial charge in [-0.25, -0.2) is 0 Å². The fourth-order valence-corrected chi connectivity index (χ4v) is 1.27. The monoisotopic (exact) mass is 170 g/mol. The van der Waals surface area contributed by atoms with Gasteiger partial charge < -0.3 is 5.43 Å². The van der Waals surface area contributed by atoms with Crippen molar-refractivity contribution in [3.63, 3.8) is 0 Å². The fourth-order valence-electron chi connectivity index (χ4n) is 1.05. The van der Waals surface area contributed by atoms with E-state index < -0.39 is 0 Å². The van der Waals surface area contributed by atoms with E-state index in [-0.39, 0.29) is 0 Å². The zero-order valence-corrected chi connectivity index (χ0v) is 7.15. The van der Waals surface area contributed by atoms with E-state index >= 15 is 0 Å². The predicted octanol–water partition coefficient (Wildman–Crippen LogP) is 2.02. The summed E-state index contributed by atoms with van der Waals surface area (Å²) in [4.78, 5) is 0. The normalized spacial score (nSPS) is 9.73. The van der Waals surface area contributed by atoms with Crippen LogP contribution < -0.4 is 11.3 Å². The summed E-state index contributed by atoms with van der Waals surface area (Å²) in [6.45, 7) is 1.99. The van der Waals surface area contributed by atoms with E-state index in [2.05, 4.69) is 5.43 Å². The van der Waals surface area contributed by atoms with Gasteiger partial charge in [0.2, 0.25) is 0 Å². The Morgan fingerprint density at radius 1 is 1.55 bits per heavy atom. The smallest absolute Gasteiger partial charge is 0.0558 e. The number of nitrogens with one attached hydrogen (secondary N) is 1. The second kappa shape index (κ2) is 3.60. The number of alkyl halides is 1. The van der Waals surface area contributed by atoms with Gasteiger partial charge in [-0.2, -0.15) is 0 Å². The summed E-state index contributed by atoms with van der Waals surface area (Å²) in [6.07, 6.45) is 0. The van der Waals surface area contributed by atoms with Crippen molar-refractivity contribution in [2.45, 2.75) is 12.8 Å². The molecule has 0 unspecified atom stereocenters. The highest BCUT2D eigenvalue weighted by Gasteiger charge is 2.00. The van der Waals surface area contributed by atoms with Gasteiger partial charge in [-0.1, -0.05) is 18.2 Å². The standard InChI is InChI=1S/C8H11ClN2/c1-6-3-2-4-7(5-9)8(6)11-10/h2-4,11H,5,10H2,1H3. The lowest BCUT2D eigenvalue weighted by Crippen LogP contribution is -2.10. The van der Waals surface area contributed by atoms with Gasteiger partial charge in [0.05, 0.1) is 5.69 Å². The summed E-state index contributed by atoms with van der Waals surface area (Å²) in [7, 11) is 0. The molecule has 0 spiro atoms. The molecule has 0 aromatic heterocycles. The lowest BCUT2D eigenvalue weighted by molar-refractivity contribution is 1.25. The number of rotatable bonds is 2. The minimum Gasteiger partial charge on any atom is -0.324 e. The maximum absolute atomic E-state index is 5.69. The molecule has 2 nitrogen and oxygen atoms in total. The van der Waals surface area contributed by atoms with Gasteiger partial charge in [-0.3, -0.25) is 5.84 Å². The van der Waals surface area contributed by atoms with Crippen molar-refractivity contribution in [1.82, 2.24) is 0 Å². The second-order valence-electron chi connectivity index (χ2n) is 2.39. The first kappa shape index (κ1) is 8.37. The molecule has 1 aromatic carbocycles. The van der Waals surface area contributed by atoms with Crippen molar-refractivity contribution in [3.8, 4) is 0 Å². The number of hydrogen-bond donors (Lipinski definition) is 2. The third-order valence-electron chi connectivity index (χ3n) is 1.65. The number of anilines is 1. The molecule has 0 atom stereocenters. The van der Waals surface area contributed by atoms with Crippen LogP contribution in [0.5, 0.6) is 0 Å². The summed E-state index contributed by atoms with van der Waals surface area (Å²) >= 11 is 5.69. The molecule has 1 rings (SSSR count). The lowest BCUT2D eigenvalue weighted by Gasteiger charge is -2.08. The Morgan fingerprint density at radius 3 is 2.73 bits per heavy atom. The van der Waals surface area contributed by atoms with Gasteiger partial charge in [0.1, 0.15) is 0 Å². The molecule has 60 valence electrons. The number of nitrogens with two attached hydrogens (primary N) is 1. The molecule has 0 saturated carbocycles. The molecule has 0 heterocycles. The maximum atomic E-state index is 5.69. The Bertz CT molecular complexity index is 248. The summed E-state index contributed by atoms with van der Waals surface area (Å²) in [5.41, 5.74) is 5.72. The molecule has 11 heavy (non-hydrogen) atoms.